The molecule has 0 bridgehead atoms. The van der Waals surface area contributed by atoms with Gasteiger partial charge in [0.05, 0.1) is 6.54 Å². The highest BCUT2D eigenvalue weighted by molar-refractivity contribution is 9.08. The zero-order valence-corrected chi connectivity index (χ0v) is 12.5. The second-order valence-corrected chi connectivity index (χ2v) is 5.33. The summed E-state index contributed by atoms with van der Waals surface area (Å²) in [5, 5.41) is 7.68. The van der Waals surface area contributed by atoms with Crippen LogP contribution in [0.4, 0.5) is 18.9 Å². The molecule has 0 radical (unpaired) electrons. The van der Waals surface area contributed by atoms with Crippen LogP contribution < -0.4 is 4.90 Å². The second-order valence-electron chi connectivity index (χ2n) is 4.77. The normalized spacial score (nSPS) is 15.1. The van der Waals surface area contributed by atoms with Crippen LogP contribution in [-0.2, 0) is 24.6 Å². The Morgan fingerprint density at radius 3 is 2.62 bits per heavy atom. The number of rotatable bonds is 2. The lowest BCUT2D eigenvalue weighted by atomic mass is 10.1. The fourth-order valence-corrected chi connectivity index (χ4v) is 2.98. The lowest BCUT2D eigenvalue weighted by molar-refractivity contribution is -0.147. The Balaban J connectivity index is 1.90. The standard InChI is InChI=1S/C13H12BrF3N4/c14-7-9-3-1-2-4-10(9)20-5-6-21-11(8-20)18-19-12(21)13(15,16)17/h1-4H,5-8H2. The molecule has 0 aliphatic carbocycles. The van der Waals surface area contributed by atoms with E-state index < -0.39 is 12.0 Å². The molecule has 0 N–H and O–H groups in total. The summed E-state index contributed by atoms with van der Waals surface area (Å²) in [6.45, 7) is 1.05. The van der Waals surface area contributed by atoms with E-state index in [9.17, 15) is 13.2 Å². The van der Waals surface area contributed by atoms with Gasteiger partial charge in [0.15, 0.2) is 5.82 Å². The summed E-state index contributed by atoms with van der Waals surface area (Å²) in [6.07, 6.45) is -4.46. The quantitative estimate of drug-likeness (QED) is 0.771. The van der Waals surface area contributed by atoms with Crippen LogP contribution >= 0.6 is 15.9 Å². The van der Waals surface area contributed by atoms with Crippen molar-refractivity contribution in [3.8, 4) is 0 Å². The van der Waals surface area contributed by atoms with Crippen molar-refractivity contribution in [2.24, 2.45) is 0 Å². The number of hydrogen-bond donors (Lipinski definition) is 0. The molecule has 2 aromatic rings. The van der Waals surface area contributed by atoms with Crippen molar-refractivity contribution in [1.29, 1.82) is 0 Å². The van der Waals surface area contributed by atoms with Crippen LogP contribution in [0.3, 0.4) is 0 Å². The topological polar surface area (TPSA) is 34.0 Å². The minimum Gasteiger partial charge on any atom is -0.362 e. The number of anilines is 1. The maximum absolute atomic E-state index is 12.8. The summed E-state index contributed by atoms with van der Waals surface area (Å²) in [5.74, 6) is -0.566. The molecule has 1 aromatic heterocycles. The Morgan fingerprint density at radius 1 is 1.14 bits per heavy atom. The smallest absolute Gasteiger partial charge is 0.362 e. The van der Waals surface area contributed by atoms with Crippen molar-refractivity contribution in [2.45, 2.75) is 24.6 Å². The summed E-state index contributed by atoms with van der Waals surface area (Å²) in [4.78, 5) is 2.03. The minimum absolute atomic E-state index is 0.230. The molecule has 1 aromatic carbocycles. The lowest BCUT2D eigenvalue weighted by Crippen LogP contribution is -2.35. The minimum atomic E-state index is -4.46. The number of aromatic nitrogens is 3. The van der Waals surface area contributed by atoms with Gasteiger partial charge in [-0.1, -0.05) is 34.1 Å². The van der Waals surface area contributed by atoms with E-state index in [-0.39, 0.29) is 6.54 Å². The van der Waals surface area contributed by atoms with Gasteiger partial charge in [-0.3, -0.25) is 0 Å². The molecule has 112 valence electrons. The molecule has 4 nitrogen and oxygen atoms in total. The van der Waals surface area contributed by atoms with Crippen LogP contribution in [0.1, 0.15) is 17.2 Å². The van der Waals surface area contributed by atoms with Gasteiger partial charge in [-0.25, -0.2) is 0 Å². The van der Waals surface area contributed by atoms with Crippen LogP contribution in [0.5, 0.6) is 0 Å². The average molecular weight is 361 g/mol. The van der Waals surface area contributed by atoms with Crippen molar-refractivity contribution >= 4 is 21.6 Å². The van der Waals surface area contributed by atoms with Crippen molar-refractivity contribution in [3.63, 3.8) is 0 Å². The summed E-state index contributed by atoms with van der Waals surface area (Å²) in [7, 11) is 0. The first-order valence-corrected chi connectivity index (χ1v) is 7.51. The molecule has 0 fully saturated rings. The molecule has 2 heterocycles. The van der Waals surface area contributed by atoms with Gasteiger partial charge in [-0.05, 0) is 11.6 Å². The van der Waals surface area contributed by atoms with Crippen molar-refractivity contribution in [3.05, 3.63) is 41.5 Å². The molecule has 0 unspecified atom stereocenters. The Hall–Kier alpha value is -1.57. The maximum Gasteiger partial charge on any atom is 0.451 e. The number of alkyl halides is 4. The van der Waals surface area contributed by atoms with E-state index in [1.807, 2.05) is 29.2 Å². The predicted molar refractivity (Wildman–Crippen MR) is 75.1 cm³/mol. The number of benzene rings is 1. The Kier molecular flexibility index (Phi) is 3.64. The van der Waals surface area contributed by atoms with E-state index in [0.717, 1.165) is 15.8 Å². The largest absolute Gasteiger partial charge is 0.451 e. The zero-order chi connectivity index (χ0) is 15.0. The Bertz CT molecular complexity index is 653. The monoisotopic (exact) mass is 360 g/mol. The fourth-order valence-electron chi connectivity index (χ4n) is 2.51. The summed E-state index contributed by atoms with van der Waals surface area (Å²) < 4.78 is 39.6. The highest BCUT2D eigenvalue weighted by Crippen LogP contribution is 2.31. The molecular weight excluding hydrogens is 349 g/mol. The molecule has 0 saturated carbocycles. The number of hydrogen-bond acceptors (Lipinski definition) is 3. The molecule has 0 amide bonds. The molecule has 8 heteroatoms. The first-order chi connectivity index (χ1) is 10.0. The van der Waals surface area contributed by atoms with Crippen molar-refractivity contribution < 1.29 is 13.2 Å². The maximum atomic E-state index is 12.8. The summed E-state index contributed by atoms with van der Waals surface area (Å²) >= 11 is 3.43. The molecule has 21 heavy (non-hydrogen) atoms. The highest BCUT2D eigenvalue weighted by Gasteiger charge is 2.39. The van der Waals surface area contributed by atoms with Crippen LogP contribution in [-0.4, -0.2) is 21.3 Å². The molecule has 3 rings (SSSR count). The third-order valence-electron chi connectivity index (χ3n) is 3.48. The number of nitrogens with zero attached hydrogens (tertiary/aromatic N) is 4. The van der Waals surface area contributed by atoms with E-state index in [1.165, 1.54) is 0 Å². The van der Waals surface area contributed by atoms with Crippen molar-refractivity contribution in [2.75, 3.05) is 11.4 Å². The Labute approximate surface area is 127 Å². The average Bonchev–Trinajstić information content (AvgIpc) is 2.90. The molecule has 0 atom stereocenters. The predicted octanol–water partition coefficient (Wildman–Crippen LogP) is 3.21. The van der Waals surface area contributed by atoms with Crippen LogP contribution in [0.15, 0.2) is 24.3 Å². The van der Waals surface area contributed by atoms with Gasteiger partial charge in [0.25, 0.3) is 0 Å². The first kappa shape index (κ1) is 14.4. The SMILES string of the molecule is FC(F)(F)c1nnc2n1CCN(c1ccccc1CBr)C2. The van der Waals surface area contributed by atoms with E-state index in [1.54, 1.807) is 0 Å². The Morgan fingerprint density at radius 2 is 1.90 bits per heavy atom. The van der Waals surface area contributed by atoms with E-state index in [2.05, 4.69) is 26.1 Å². The van der Waals surface area contributed by atoms with Crippen LogP contribution in [0.25, 0.3) is 0 Å². The van der Waals surface area contributed by atoms with Crippen LogP contribution in [0.2, 0.25) is 0 Å². The van der Waals surface area contributed by atoms with Gasteiger partial charge in [-0.15, -0.1) is 10.2 Å². The van der Waals surface area contributed by atoms with E-state index >= 15 is 0 Å². The van der Waals surface area contributed by atoms with E-state index in [4.69, 9.17) is 0 Å². The fraction of sp³-hybridized carbons (Fsp3) is 0.385. The van der Waals surface area contributed by atoms with Gasteiger partial charge in [0.1, 0.15) is 0 Å². The van der Waals surface area contributed by atoms with E-state index in [0.29, 0.717) is 24.2 Å². The van der Waals surface area contributed by atoms with Crippen LogP contribution in [0, 0.1) is 0 Å². The summed E-state index contributed by atoms with van der Waals surface area (Å²) in [5.41, 5.74) is 2.11. The molecular formula is C13H12BrF3N4. The molecule has 1 aliphatic rings. The first-order valence-electron chi connectivity index (χ1n) is 6.39. The second kappa shape index (κ2) is 5.32. The number of fused-ring (bicyclic) bond motifs is 1. The third-order valence-corrected chi connectivity index (χ3v) is 4.09. The van der Waals surface area contributed by atoms with Gasteiger partial charge in [0, 0.05) is 24.1 Å². The van der Waals surface area contributed by atoms with Gasteiger partial charge < -0.3 is 9.47 Å². The molecule has 0 spiro atoms. The lowest BCUT2D eigenvalue weighted by Gasteiger charge is -2.31. The van der Waals surface area contributed by atoms with Gasteiger partial charge >= 0.3 is 6.18 Å². The third kappa shape index (κ3) is 2.64. The zero-order valence-electron chi connectivity index (χ0n) is 10.9. The van der Waals surface area contributed by atoms with Gasteiger partial charge in [-0.2, -0.15) is 13.2 Å². The number of para-hydroxylation sites is 1. The van der Waals surface area contributed by atoms with Gasteiger partial charge in [0.2, 0.25) is 5.82 Å². The summed E-state index contributed by atoms with van der Waals surface area (Å²) in [6, 6.07) is 7.81. The number of halogens is 4. The molecule has 0 saturated heterocycles. The highest BCUT2D eigenvalue weighted by atomic mass is 79.9. The molecule has 1 aliphatic heterocycles. The van der Waals surface area contributed by atoms with Crippen molar-refractivity contribution in [1.82, 2.24) is 14.8 Å².